The van der Waals surface area contributed by atoms with Crippen molar-refractivity contribution in [2.75, 3.05) is 32.7 Å². The molecule has 3 aromatic carbocycles. The van der Waals surface area contributed by atoms with E-state index in [2.05, 4.69) is 118 Å². The van der Waals surface area contributed by atoms with E-state index in [0.29, 0.717) is 56.8 Å². The van der Waals surface area contributed by atoms with E-state index < -0.39 is 65.3 Å². The molecule has 0 bridgehead atoms. The molecule has 23 heteroatoms. The Bertz CT molecular complexity index is 3830. The summed E-state index contributed by atoms with van der Waals surface area (Å²) >= 11 is 0. The van der Waals surface area contributed by atoms with Crippen molar-refractivity contribution in [3.63, 3.8) is 0 Å². The summed E-state index contributed by atoms with van der Waals surface area (Å²) in [5.74, 6) is -1.51. The fourth-order valence-electron chi connectivity index (χ4n) is 16.6. The number of ether oxygens (including phenoxy) is 4. The summed E-state index contributed by atoms with van der Waals surface area (Å²) in [4.78, 5) is 110. The molecule has 4 aliphatic carbocycles. The summed E-state index contributed by atoms with van der Waals surface area (Å²) in [5.41, 5.74) is 19.5. The SMILES string of the molecule is CC(C)CC1C2=C(CCN1C(=O)[C@@H](CCC(=O)OC1CCCCC1)NC(=O)OC(C)(C)C)c1ccccc1C2.CC(C)CC1C2=C(CCN1C(=O)[C@@H](CCCCN)NC(=O)OC(C)(C)C)c1ccccc1C2.CC(C)CC1C2=C(CCN1C(=O)[C@@H](CCCCNC(=O)C(F)(F)F)NC(=O)OC(C)(C)C)c1ccccc1C2. The van der Waals surface area contributed by atoms with Gasteiger partial charge in [0.2, 0.25) is 17.7 Å². The van der Waals surface area contributed by atoms with Gasteiger partial charge in [0.05, 0.1) is 18.1 Å². The van der Waals surface area contributed by atoms with Gasteiger partial charge >= 0.3 is 36.3 Å². The van der Waals surface area contributed by atoms with Crippen LogP contribution in [-0.2, 0) is 62.2 Å². The minimum Gasteiger partial charge on any atom is -0.462 e. The normalized spacial score (nSPS) is 19.0. The Morgan fingerprint density at radius 2 is 0.802 bits per heavy atom. The standard InChI is InChI=1S/C32H46N2O5.C29H40F3N3O4.C27H41N3O3/c1-21(2)19-28-26-20-22-11-9-10-14-24(22)25(26)17-18-34(28)30(36)27(33-31(37)39-32(3,4)5)15-16-29(35)38-23-12-7-6-8-13-23;1-18(2)16-24-22-17-19-10-6-7-11-20(19)21(22)13-15-35(24)25(36)23(34-27(38)39-28(3,4)5)12-8-9-14-33-26(37)29(30,31)32;1-18(2)16-24-22-17-19-10-6-7-11-20(19)21(22)13-15-30(24)25(31)23(12-8-9-14-28)29-26(32)33-27(3,4)5/h9-11,14,21,23,27-28H,6-8,12-13,15-20H2,1-5H3,(H,33,37);6-7,10-11,18,23-24H,8-9,12-17H2,1-5H3,(H,33,37)(H,34,38);6-7,10-11,18,23-24H,8-9,12-17,28H2,1-5H3,(H,29,32)/t27-,28?;2*23-,24?/m111/s1. The number of nitrogens with zero attached hydrogens (tertiary/aromatic N) is 3. The van der Waals surface area contributed by atoms with E-state index in [4.69, 9.17) is 24.7 Å². The van der Waals surface area contributed by atoms with Crippen molar-refractivity contribution in [2.24, 2.45) is 23.5 Å². The zero-order valence-corrected chi connectivity index (χ0v) is 68.7. The molecule has 6 atom stereocenters. The van der Waals surface area contributed by atoms with Crippen LogP contribution in [0.2, 0.25) is 0 Å². The molecule has 0 aromatic heterocycles. The van der Waals surface area contributed by atoms with Gasteiger partial charge < -0.3 is 60.6 Å². The number of unbranched alkanes of at least 4 members (excludes halogenated alkanes) is 2. The molecule has 0 spiro atoms. The highest BCUT2D eigenvalue weighted by Gasteiger charge is 2.45. The minimum atomic E-state index is -4.94. The lowest BCUT2D eigenvalue weighted by Gasteiger charge is -2.40. The third kappa shape index (κ3) is 25.7. The molecule has 111 heavy (non-hydrogen) atoms. The van der Waals surface area contributed by atoms with Crippen molar-refractivity contribution in [2.45, 2.75) is 310 Å². The molecule has 0 radical (unpaired) electrons. The van der Waals surface area contributed by atoms with E-state index in [9.17, 15) is 51.5 Å². The number of carbonyl (C=O) groups is 8. The lowest BCUT2D eigenvalue weighted by atomic mass is 9.87. The van der Waals surface area contributed by atoms with E-state index in [-0.39, 0.29) is 80.1 Å². The maximum Gasteiger partial charge on any atom is 0.471 e. The van der Waals surface area contributed by atoms with Gasteiger partial charge in [-0.1, -0.05) is 121 Å². The number of benzene rings is 3. The lowest BCUT2D eigenvalue weighted by molar-refractivity contribution is -0.173. The lowest BCUT2D eigenvalue weighted by Crippen LogP contribution is -2.54. The molecule has 3 unspecified atom stereocenters. The highest BCUT2D eigenvalue weighted by molar-refractivity contribution is 5.91. The van der Waals surface area contributed by atoms with Crippen LogP contribution in [0.25, 0.3) is 16.7 Å². The van der Waals surface area contributed by atoms with Crippen molar-refractivity contribution in [3.05, 3.63) is 123 Å². The van der Waals surface area contributed by atoms with Crippen molar-refractivity contribution in [3.8, 4) is 0 Å². The van der Waals surface area contributed by atoms with Crippen LogP contribution in [0.15, 0.2) is 89.5 Å². The monoisotopic (exact) mass is 1540 g/mol. The Labute approximate surface area is 657 Å². The number of hydrogen-bond acceptors (Lipinski definition) is 13. The van der Waals surface area contributed by atoms with Crippen LogP contribution in [0.4, 0.5) is 27.6 Å². The molecular weight excluding hydrogens is 1420 g/mol. The number of esters is 1. The van der Waals surface area contributed by atoms with Gasteiger partial charge in [0, 0.05) is 32.6 Å². The number of alkyl carbamates (subject to hydrolysis) is 3. The van der Waals surface area contributed by atoms with Crippen molar-refractivity contribution < 1.29 is 70.5 Å². The van der Waals surface area contributed by atoms with E-state index >= 15 is 0 Å². The number of nitrogens with one attached hydrogen (secondary N) is 4. The van der Waals surface area contributed by atoms with Gasteiger partial charge in [-0.25, -0.2) is 14.4 Å². The predicted octanol–water partition coefficient (Wildman–Crippen LogP) is 16.2. The summed E-state index contributed by atoms with van der Waals surface area (Å²) in [5, 5.41) is 10.2. The maximum atomic E-state index is 14.1. The summed E-state index contributed by atoms with van der Waals surface area (Å²) in [6.45, 7) is 31.2. The molecule has 1 fully saturated rings. The smallest absolute Gasteiger partial charge is 0.462 e. The highest BCUT2D eigenvalue weighted by Crippen LogP contribution is 2.46. The second-order valence-corrected chi connectivity index (χ2v) is 35.2. The Balaban J connectivity index is 0.000000210. The molecule has 612 valence electrons. The van der Waals surface area contributed by atoms with Gasteiger partial charge in [0.15, 0.2) is 0 Å². The molecule has 6 N–H and O–H groups in total. The number of fused-ring (bicyclic) bond motifs is 6. The molecule has 3 heterocycles. The van der Waals surface area contributed by atoms with Crippen LogP contribution < -0.4 is 27.0 Å². The number of alkyl halides is 3. The molecule has 1 saturated carbocycles. The molecule has 3 aliphatic heterocycles. The van der Waals surface area contributed by atoms with Gasteiger partial charge in [-0.15, -0.1) is 0 Å². The number of halogens is 3. The fraction of sp³-hybridized carbons (Fsp3) is 0.636. The van der Waals surface area contributed by atoms with Gasteiger partial charge in [-0.2, -0.15) is 13.2 Å². The van der Waals surface area contributed by atoms with Gasteiger partial charge in [-0.3, -0.25) is 24.0 Å². The first kappa shape index (κ1) is 88.4. The first-order valence-corrected chi connectivity index (χ1v) is 40.8. The van der Waals surface area contributed by atoms with Gasteiger partial charge in [-0.05, 0) is 282 Å². The highest BCUT2D eigenvalue weighted by atomic mass is 19.4. The molecule has 3 aromatic rings. The fourth-order valence-corrected chi connectivity index (χ4v) is 16.6. The van der Waals surface area contributed by atoms with Crippen LogP contribution in [0, 0.1) is 17.8 Å². The summed E-state index contributed by atoms with van der Waals surface area (Å²) in [6.07, 6.45) is 8.86. The molecule has 20 nitrogen and oxygen atoms in total. The van der Waals surface area contributed by atoms with Crippen LogP contribution in [0.3, 0.4) is 0 Å². The quantitative estimate of drug-likeness (QED) is 0.0301. The topological polar surface area (TPSA) is 257 Å². The summed E-state index contributed by atoms with van der Waals surface area (Å²) in [7, 11) is 0. The van der Waals surface area contributed by atoms with E-state index in [1.54, 1.807) is 41.5 Å². The van der Waals surface area contributed by atoms with Crippen LogP contribution in [0.5, 0.6) is 0 Å². The Morgan fingerprint density at radius 3 is 1.13 bits per heavy atom. The summed E-state index contributed by atoms with van der Waals surface area (Å²) < 4.78 is 59.4. The first-order valence-electron chi connectivity index (χ1n) is 40.8. The Hall–Kier alpha value is -8.21. The molecule has 10 rings (SSSR count). The van der Waals surface area contributed by atoms with Gasteiger partial charge in [0.25, 0.3) is 0 Å². The maximum absolute atomic E-state index is 14.1. The molecule has 0 saturated heterocycles. The minimum absolute atomic E-state index is 0.00830. The second kappa shape index (κ2) is 39.5. The average Bonchev–Trinajstić information content (AvgIpc) is 1.64. The zero-order valence-electron chi connectivity index (χ0n) is 68.7. The number of hydrogen-bond donors (Lipinski definition) is 5. The predicted molar refractivity (Wildman–Crippen MR) is 427 cm³/mol. The number of nitrogens with two attached hydrogens (primary N) is 1. The van der Waals surface area contributed by atoms with E-state index in [0.717, 1.165) is 96.3 Å². The second-order valence-electron chi connectivity index (χ2n) is 35.2. The third-order valence-electron chi connectivity index (χ3n) is 21.3. The van der Waals surface area contributed by atoms with Crippen molar-refractivity contribution in [1.82, 2.24) is 36.0 Å². The summed E-state index contributed by atoms with van der Waals surface area (Å²) in [6, 6.07) is 23.0. The number of carbonyl (C=O) groups excluding carboxylic acids is 8. The zero-order chi connectivity index (χ0) is 81.3. The molecular formula is C88H127F3N8O12. The van der Waals surface area contributed by atoms with Crippen molar-refractivity contribution >= 4 is 64.6 Å². The Morgan fingerprint density at radius 1 is 0.468 bits per heavy atom. The van der Waals surface area contributed by atoms with Crippen LogP contribution >= 0.6 is 0 Å². The average molecular weight is 1550 g/mol. The van der Waals surface area contributed by atoms with E-state index in [1.165, 1.54) is 73.2 Å². The van der Waals surface area contributed by atoms with Crippen LogP contribution in [-0.4, -0.2) is 161 Å². The number of amides is 7. The molecule has 7 aliphatic rings. The number of rotatable bonds is 25. The van der Waals surface area contributed by atoms with Crippen molar-refractivity contribution in [1.29, 1.82) is 0 Å². The van der Waals surface area contributed by atoms with Crippen LogP contribution in [0.1, 0.15) is 259 Å². The first-order chi connectivity index (χ1) is 52.3. The molecule has 7 amide bonds. The Kier molecular flexibility index (Phi) is 31.4. The largest absolute Gasteiger partial charge is 0.471 e. The van der Waals surface area contributed by atoms with Gasteiger partial charge in [0.1, 0.15) is 41.0 Å². The van der Waals surface area contributed by atoms with E-state index in [1.807, 2.05) is 52.9 Å². The third-order valence-corrected chi connectivity index (χ3v) is 21.3.